The van der Waals surface area contributed by atoms with Crippen molar-refractivity contribution in [3.8, 4) is 0 Å². The Morgan fingerprint density at radius 3 is 2.59 bits per heavy atom. The number of hydrogen-bond acceptors (Lipinski definition) is 4. The summed E-state index contributed by atoms with van der Waals surface area (Å²) in [4.78, 5) is 12.4. The second kappa shape index (κ2) is 8.00. The molecule has 0 fully saturated rings. The molecule has 0 bridgehead atoms. The van der Waals surface area contributed by atoms with Crippen LogP contribution in [0.2, 0.25) is 0 Å². The number of halogens is 3. The van der Waals surface area contributed by atoms with Crippen LogP contribution >= 0.6 is 0 Å². The average molecular weight is 425 g/mol. The molecule has 0 spiro atoms. The van der Waals surface area contributed by atoms with Gasteiger partial charge in [0.15, 0.2) is 6.23 Å². The molecule has 0 aliphatic heterocycles. The quantitative estimate of drug-likeness (QED) is 0.561. The number of benzene rings is 2. The zero-order valence-electron chi connectivity index (χ0n) is 15.4. The van der Waals surface area contributed by atoms with Crippen molar-refractivity contribution in [3.05, 3.63) is 76.9 Å². The second-order valence-electron chi connectivity index (χ2n) is 6.43. The van der Waals surface area contributed by atoms with E-state index in [4.69, 9.17) is 4.74 Å². The molecule has 0 saturated carbocycles. The fraction of sp³-hybridized carbons (Fsp3) is 0.250. The molecule has 154 valence electrons. The highest BCUT2D eigenvalue weighted by Gasteiger charge is 2.47. The van der Waals surface area contributed by atoms with Crippen LogP contribution in [0.25, 0.3) is 5.57 Å². The summed E-state index contributed by atoms with van der Waals surface area (Å²) in [5.41, 5.74) is -1.48. The standard InChI is InChI=1S/C20H18F3NO4S/c1-2-18(24-29(26,27)20(21,22)23)28-19(25)15-8-5-7-14(12-15)17-11-10-13-6-3-4-9-16(13)17/h3-9,11-12,18,24H,2,10H2,1H3. The molecule has 0 saturated heterocycles. The largest absolute Gasteiger partial charge is 0.511 e. The Morgan fingerprint density at radius 1 is 1.17 bits per heavy atom. The Balaban J connectivity index is 1.78. The Kier molecular flexibility index (Phi) is 5.81. The lowest BCUT2D eigenvalue weighted by Gasteiger charge is -2.19. The lowest BCUT2D eigenvalue weighted by molar-refractivity contribution is -0.0472. The number of alkyl halides is 3. The molecule has 3 rings (SSSR count). The van der Waals surface area contributed by atoms with Gasteiger partial charge in [-0.05, 0) is 47.2 Å². The van der Waals surface area contributed by atoms with Gasteiger partial charge in [0, 0.05) is 0 Å². The summed E-state index contributed by atoms with van der Waals surface area (Å²) in [6, 6.07) is 14.3. The highest BCUT2D eigenvalue weighted by atomic mass is 32.2. The summed E-state index contributed by atoms with van der Waals surface area (Å²) in [6.45, 7) is 1.40. The maximum Gasteiger partial charge on any atom is 0.511 e. The van der Waals surface area contributed by atoms with E-state index in [1.165, 1.54) is 17.7 Å². The summed E-state index contributed by atoms with van der Waals surface area (Å²) in [5, 5.41) is 0. The first-order valence-corrected chi connectivity index (χ1v) is 10.3. The number of rotatable bonds is 6. The Morgan fingerprint density at radius 2 is 1.90 bits per heavy atom. The Bertz CT molecular complexity index is 1060. The lowest BCUT2D eigenvalue weighted by atomic mass is 9.98. The van der Waals surface area contributed by atoms with Crippen LogP contribution in [0, 0.1) is 0 Å². The molecule has 1 aliphatic carbocycles. The number of esters is 1. The van der Waals surface area contributed by atoms with Gasteiger partial charge in [-0.1, -0.05) is 49.4 Å². The Hall–Kier alpha value is -2.65. The van der Waals surface area contributed by atoms with Crippen molar-refractivity contribution in [3.63, 3.8) is 0 Å². The van der Waals surface area contributed by atoms with Crippen LogP contribution in [0.1, 0.15) is 40.4 Å². The van der Waals surface area contributed by atoms with E-state index in [9.17, 15) is 26.4 Å². The molecular formula is C20H18F3NO4S. The first-order valence-electron chi connectivity index (χ1n) is 8.81. The van der Waals surface area contributed by atoms with Crippen LogP contribution in [-0.2, 0) is 21.2 Å². The summed E-state index contributed by atoms with van der Waals surface area (Å²) in [7, 11) is -5.63. The molecule has 1 unspecified atom stereocenters. The van der Waals surface area contributed by atoms with E-state index in [1.807, 2.05) is 36.4 Å². The van der Waals surface area contributed by atoms with E-state index in [1.54, 1.807) is 12.1 Å². The molecule has 5 nitrogen and oxygen atoms in total. The van der Waals surface area contributed by atoms with Crippen LogP contribution in [0.15, 0.2) is 54.6 Å². The molecule has 2 aromatic rings. The number of sulfonamides is 1. The summed E-state index contributed by atoms with van der Waals surface area (Å²) >= 11 is 0. The zero-order chi connectivity index (χ0) is 21.2. The SMILES string of the molecule is CCC(NS(=O)(=O)C(F)(F)F)OC(=O)c1cccc(C2=CCc3ccccc32)c1. The molecule has 1 aliphatic rings. The van der Waals surface area contributed by atoms with Crippen molar-refractivity contribution in [2.24, 2.45) is 0 Å². The first kappa shape index (κ1) is 21.1. The molecule has 0 heterocycles. The van der Waals surface area contributed by atoms with Crippen LogP contribution in [0.3, 0.4) is 0 Å². The monoisotopic (exact) mass is 425 g/mol. The second-order valence-corrected chi connectivity index (χ2v) is 8.13. The molecule has 0 radical (unpaired) electrons. The number of carbonyl (C=O) groups is 1. The van der Waals surface area contributed by atoms with Crippen molar-refractivity contribution in [1.82, 2.24) is 4.72 Å². The van der Waals surface area contributed by atoms with E-state index in [-0.39, 0.29) is 12.0 Å². The normalized spacial score (nSPS) is 14.8. The van der Waals surface area contributed by atoms with Gasteiger partial charge in [0.25, 0.3) is 0 Å². The predicted octanol–water partition coefficient (Wildman–Crippen LogP) is 4.01. The highest BCUT2D eigenvalue weighted by molar-refractivity contribution is 7.90. The summed E-state index contributed by atoms with van der Waals surface area (Å²) < 4.78 is 66.4. The molecule has 1 atom stereocenters. The smallest absolute Gasteiger partial charge is 0.442 e. The van der Waals surface area contributed by atoms with E-state index in [0.717, 1.165) is 28.7 Å². The van der Waals surface area contributed by atoms with Crippen molar-refractivity contribution >= 4 is 21.6 Å². The summed E-state index contributed by atoms with van der Waals surface area (Å²) in [5.74, 6) is -0.921. The summed E-state index contributed by atoms with van der Waals surface area (Å²) in [6.07, 6.45) is 0.988. The van der Waals surface area contributed by atoms with E-state index < -0.39 is 27.7 Å². The number of carbonyl (C=O) groups excluding carboxylic acids is 1. The Labute approximate surface area is 166 Å². The van der Waals surface area contributed by atoms with Gasteiger partial charge in [0.2, 0.25) is 0 Å². The van der Waals surface area contributed by atoms with Crippen molar-refractivity contribution in [2.45, 2.75) is 31.5 Å². The third-order valence-electron chi connectivity index (χ3n) is 4.45. The van der Waals surface area contributed by atoms with Gasteiger partial charge < -0.3 is 4.74 Å². The van der Waals surface area contributed by atoms with E-state index >= 15 is 0 Å². The van der Waals surface area contributed by atoms with Crippen molar-refractivity contribution in [2.75, 3.05) is 0 Å². The minimum atomic E-state index is -5.63. The zero-order valence-corrected chi connectivity index (χ0v) is 16.2. The van der Waals surface area contributed by atoms with Gasteiger partial charge in [-0.25, -0.2) is 13.2 Å². The van der Waals surface area contributed by atoms with Gasteiger partial charge >= 0.3 is 21.5 Å². The molecule has 29 heavy (non-hydrogen) atoms. The van der Waals surface area contributed by atoms with E-state index in [2.05, 4.69) is 0 Å². The number of ether oxygens (including phenoxy) is 1. The fourth-order valence-corrected chi connectivity index (χ4v) is 3.69. The van der Waals surface area contributed by atoms with Gasteiger partial charge in [-0.3, -0.25) is 0 Å². The van der Waals surface area contributed by atoms with Crippen molar-refractivity contribution in [1.29, 1.82) is 0 Å². The molecule has 2 aromatic carbocycles. The third-order valence-corrected chi connectivity index (χ3v) is 5.64. The molecule has 1 N–H and O–H groups in total. The molecular weight excluding hydrogens is 407 g/mol. The number of fused-ring (bicyclic) bond motifs is 1. The molecule has 9 heteroatoms. The topological polar surface area (TPSA) is 72.5 Å². The highest BCUT2D eigenvalue weighted by Crippen LogP contribution is 2.33. The number of hydrogen-bond donors (Lipinski definition) is 1. The van der Waals surface area contributed by atoms with Crippen molar-refractivity contribution < 1.29 is 31.1 Å². The fourth-order valence-electron chi connectivity index (χ4n) is 3.00. The maximum atomic E-state index is 12.5. The van der Waals surface area contributed by atoms with Gasteiger partial charge in [-0.2, -0.15) is 17.9 Å². The van der Waals surface area contributed by atoms with Crippen LogP contribution in [0.4, 0.5) is 13.2 Å². The van der Waals surface area contributed by atoms with Gasteiger partial charge in [-0.15, -0.1) is 0 Å². The van der Waals surface area contributed by atoms with Gasteiger partial charge in [0.1, 0.15) is 0 Å². The molecule has 0 aromatic heterocycles. The van der Waals surface area contributed by atoms with E-state index in [0.29, 0.717) is 0 Å². The average Bonchev–Trinajstić information content (AvgIpc) is 3.10. The maximum absolute atomic E-state index is 12.5. The number of nitrogens with one attached hydrogen (secondary N) is 1. The predicted molar refractivity (Wildman–Crippen MR) is 101 cm³/mol. The number of allylic oxidation sites excluding steroid dienone is 1. The van der Waals surface area contributed by atoms with Crippen LogP contribution < -0.4 is 4.72 Å². The minimum Gasteiger partial charge on any atom is -0.442 e. The molecule has 0 amide bonds. The lowest BCUT2D eigenvalue weighted by Crippen LogP contribution is -2.44. The van der Waals surface area contributed by atoms with Crippen LogP contribution in [0.5, 0.6) is 0 Å². The minimum absolute atomic E-state index is 0.109. The first-order chi connectivity index (χ1) is 13.6. The van der Waals surface area contributed by atoms with Crippen LogP contribution in [-0.4, -0.2) is 26.1 Å². The van der Waals surface area contributed by atoms with Gasteiger partial charge in [0.05, 0.1) is 5.56 Å². The third kappa shape index (κ3) is 4.51.